The Hall–Kier alpha value is -0.580. The molecule has 1 aromatic carbocycles. The first-order valence-corrected chi connectivity index (χ1v) is 7.80. The summed E-state index contributed by atoms with van der Waals surface area (Å²) in [5, 5.41) is 12.8. The Labute approximate surface area is 124 Å². The van der Waals surface area contributed by atoms with Gasteiger partial charge in [0.25, 0.3) is 0 Å². The second kappa shape index (κ2) is 6.73. The molecule has 2 rings (SSSR count). The summed E-state index contributed by atoms with van der Waals surface area (Å²) in [5.74, 6) is 0. The lowest BCUT2D eigenvalue weighted by molar-refractivity contribution is 0.299. The molecule has 106 valence electrons. The van der Waals surface area contributed by atoms with Crippen molar-refractivity contribution in [3.63, 3.8) is 0 Å². The van der Waals surface area contributed by atoms with E-state index in [1.807, 2.05) is 0 Å². The number of nitrogens with one attached hydrogen (secondary N) is 1. The average molecular weight is 327 g/mol. The molecule has 1 aliphatic rings. The molecule has 2 N–H and O–H groups in total. The van der Waals surface area contributed by atoms with E-state index in [9.17, 15) is 5.11 Å². The molecule has 1 aromatic rings. The highest BCUT2D eigenvalue weighted by Gasteiger charge is 2.21. The van der Waals surface area contributed by atoms with Gasteiger partial charge in [0.05, 0.1) is 6.61 Å². The Morgan fingerprint density at radius 2 is 2.16 bits per heavy atom. The summed E-state index contributed by atoms with van der Waals surface area (Å²) in [6.07, 6.45) is 2.60. The number of nitrogens with zero attached hydrogens (tertiary/aromatic N) is 1. The zero-order valence-corrected chi connectivity index (χ0v) is 13.3. The van der Waals surface area contributed by atoms with Gasteiger partial charge in [-0.05, 0) is 44.4 Å². The first-order chi connectivity index (χ1) is 9.11. The van der Waals surface area contributed by atoms with Crippen molar-refractivity contribution >= 4 is 21.6 Å². The summed E-state index contributed by atoms with van der Waals surface area (Å²) in [4.78, 5) is 2.26. The molecule has 0 unspecified atom stereocenters. The molecule has 19 heavy (non-hydrogen) atoms. The zero-order chi connectivity index (χ0) is 13.8. The molecule has 1 saturated carbocycles. The lowest BCUT2D eigenvalue weighted by atomic mass is 10.1. The largest absolute Gasteiger partial charge is 0.395 e. The van der Waals surface area contributed by atoms with E-state index in [0.717, 1.165) is 11.0 Å². The second-order valence-corrected chi connectivity index (χ2v) is 6.35. The Morgan fingerprint density at radius 1 is 1.42 bits per heavy atom. The van der Waals surface area contributed by atoms with Crippen molar-refractivity contribution in [3.8, 4) is 0 Å². The van der Waals surface area contributed by atoms with Crippen molar-refractivity contribution in [2.75, 3.05) is 18.1 Å². The molecular weight excluding hydrogens is 304 g/mol. The van der Waals surface area contributed by atoms with Crippen LogP contribution in [0, 0.1) is 0 Å². The van der Waals surface area contributed by atoms with Crippen LogP contribution in [-0.2, 0) is 6.54 Å². The van der Waals surface area contributed by atoms with Crippen molar-refractivity contribution in [3.05, 3.63) is 28.2 Å². The predicted molar refractivity (Wildman–Crippen MR) is 83.6 cm³/mol. The smallest absolute Gasteiger partial charge is 0.0606 e. The highest BCUT2D eigenvalue weighted by atomic mass is 79.9. The zero-order valence-electron chi connectivity index (χ0n) is 11.7. The van der Waals surface area contributed by atoms with Gasteiger partial charge in [0.1, 0.15) is 0 Å². The molecule has 4 heteroatoms. The molecule has 0 atom stereocenters. The molecule has 0 heterocycles. The van der Waals surface area contributed by atoms with Crippen molar-refractivity contribution in [2.24, 2.45) is 0 Å². The fourth-order valence-corrected chi connectivity index (χ4v) is 2.61. The van der Waals surface area contributed by atoms with Gasteiger partial charge in [-0.15, -0.1) is 0 Å². The molecule has 0 saturated heterocycles. The normalized spacial score (nSPS) is 15.0. The summed E-state index contributed by atoms with van der Waals surface area (Å²) in [6.45, 7) is 6.08. The lowest BCUT2D eigenvalue weighted by Gasteiger charge is -2.30. The maximum absolute atomic E-state index is 9.27. The van der Waals surface area contributed by atoms with Gasteiger partial charge in [0.2, 0.25) is 0 Å². The van der Waals surface area contributed by atoms with E-state index in [1.165, 1.54) is 24.1 Å². The molecule has 0 amide bonds. The third kappa shape index (κ3) is 4.20. The van der Waals surface area contributed by atoms with Crippen LogP contribution in [0.5, 0.6) is 0 Å². The molecule has 1 aliphatic carbocycles. The summed E-state index contributed by atoms with van der Waals surface area (Å²) in [5.41, 5.74) is 2.52. The summed E-state index contributed by atoms with van der Waals surface area (Å²) < 4.78 is 1.08. The van der Waals surface area contributed by atoms with Gasteiger partial charge in [0.15, 0.2) is 0 Å². The van der Waals surface area contributed by atoms with Crippen LogP contribution >= 0.6 is 15.9 Å². The summed E-state index contributed by atoms with van der Waals surface area (Å²) in [6, 6.07) is 7.49. The number of aliphatic hydroxyl groups is 1. The number of aliphatic hydroxyl groups excluding tert-OH is 1. The molecule has 0 bridgehead atoms. The van der Waals surface area contributed by atoms with Crippen LogP contribution in [0.2, 0.25) is 0 Å². The number of anilines is 1. The maximum atomic E-state index is 9.27. The Kier molecular flexibility index (Phi) is 5.25. The van der Waals surface area contributed by atoms with E-state index in [1.54, 1.807) is 0 Å². The highest BCUT2D eigenvalue weighted by Crippen LogP contribution is 2.28. The van der Waals surface area contributed by atoms with Gasteiger partial charge < -0.3 is 15.3 Å². The van der Waals surface area contributed by atoms with Gasteiger partial charge in [-0.25, -0.2) is 0 Å². The Morgan fingerprint density at radius 3 is 2.74 bits per heavy atom. The summed E-state index contributed by atoms with van der Waals surface area (Å²) >= 11 is 3.55. The van der Waals surface area contributed by atoms with E-state index < -0.39 is 0 Å². The molecule has 0 aliphatic heterocycles. The lowest BCUT2D eigenvalue weighted by Crippen LogP contribution is -2.34. The van der Waals surface area contributed by atoms with Gasteiger partial charge in [-0.3, -0.25) is 0 Å². The van der Waals surface area contributed by atoms with E-state index in [-0.39, 0.29) is 6.61 Å². The number of benzene rings is 1. The minimum Gasteiger partial charge on any atom is -0.395 e. The van der Waals surface area contributed by atoms with E-state index in [4.69, 9.17) is 0 Å². The van der Waals surface area contributed by atoms with Gasteiger partial charge in [-0.1, -0.05) is 22.0 Å². The van der Waals surface area contributed by atoms with Crippen LogP contribution in [-0.4, -0.2) is 30.3 Å². The quantitative estimate of drug-likeness (QED) is 0.808. The molecule has 0 radical (unpaired) electrons. The van der Waals surface area contributed by atoms with E-state index in [2.05, 4.69) is 58.2 Å². The van der Waals surface area contributed by atoms with E-state index >= 15 is 0 Å². The van der Waals surface area contributed by atoms with Crippen LogP contribution < -0.4 is 10.2 Å². The van der Waals surface area contributed by atoms with Gasteiger partial charge >= 0.3 is 0 Å². The van der Waals surface area contributed by atoms with Crippen molar-refractivity contribution in [1.29, 1.82) is 0 Å². The third-order valence-electron chi connectivity index (χ3n) is 3.48. The van der Waals surface area contributed by atoms with Crippen molar-refractivity contribution in [2.45, 2.75) is 45.3 Å². The monoisotopic (exact) mass is 326 g/mol. The molecule has 3 nitrogen and oxygen atoms in total. The molecular formula is C15H23BrN2O. The van der Waals surface area contributed by atoms with Crippen LogP contribution in [0.25, 0.3) is 0 Å². The van der Waals surface area contributed by atoms with Crippen molar-refractivity contribution < 1.29 is 5.11 Å². The number of hydrogen-bond donors (Lipinski definition) is 2. The van der Waals surface area contributed by atoms with Gasteiger partial charge in [-0.2, -0.15) is 0 Å². The molecule has 1 fully saturated rings. The minimum atomic E-state index is 0.181. The SMILES string of the molecule is CC(C)N(CCO)c1cc(Br)ccc1CNC1CC1. The second-order valence-electron chi connectivity index (χ2n) is 5.44. The Balaban J connectivity index is 2.20. The van der Waals surface area contributed by atoms with Crippen LogP contribution in [0.3, 0.4) is 0 Å². The standard InChI is InChI=1S/C15H23BrN2O/c1-11(2)18(7-8-19)15-9-13(16)4-3-12(15)10-17-14-5-6-14/h3-4,9,11,14,17,19H,5-8,10H2,1-2H3. The third-order valence-corrected chi connectivity index (χ3v) is 3.97. The van der Waals surface area contributed by atoms with Crippen LogP contribution in [0.4, 0.5) is 5.69 Å². The number of halogens is 1. The minimum absolute atomic E-state index is 0.181. The van der Waals surface area contributed by atoms with E-state index in [0.29, 0.717) is 18.6 Å². The number of hydrogen-bond acceptors (Lipinski definition) is 3. The van der Waals surface area contributed by atoms with Crippen LogP contribution in [0.1, 0.15) is 32.3 Å². The summed E-state index contributed by atoms with van der Waals surface area (Å²) in [7, 11) is 0. The van der Waals surface area contributed by atoms with Gasteiger partial charge in [0, 0.05) is 35.3 Å². The number of rotatable bonds is 7. The topological polar surface area (TPSA) is 35.5 Å². The highest BCUT2D eigenvalue weighted by molar-refractivity contribution is 9.10. The maximum Gasteiger partial charge on any atom is 0.0606 e. The fraction of sp³-hybridized carbons (Fsp3) is 0.600. The predicted octanol–water partition coefficient (Wildman–Crippen LogP) is 2.91. The first kappa shape index (κ1) is 14.8. The first-order valence-electron chi connectivity index (χ1n) is 7.01. The fourth-order valence-electron chi connectivity index (χ4n) is 2.26. The Bertz CT molecular complexity index is 419. The average Bonchev–Trinajstić information content (AvgIpc) is 3.18. The van der Waals surface area contributed by atoms with Crippen LogP contribution in [0.15, 0.2) is 22.7 Å². The molecule has 0 aromatic heterocycles. The molecule has 0 spiro atoms. The van der Waals surface area contributed by atoms with Crippen molar-refractivity contribution in [1.82, 2.24) is 5.32 Å².